The van der Waals surface area contributed by atoms with Gasteiger partial charge >= 0.3 is 0 Å². The van der Waals surface area contributed by atoms with E-state index in [2.05, 4.69) is 18.7 Å². The summed E-state index contributed by atoms with van der Waals surface area (Å²) >= 11 is 1.46. The molecule has 0 aliphatic heterocycles. The number of hydrogen-bond donors (Lipinski definition) is 0. The number of para-hydroxylation sites is 1. The standard InChI is InChI=1S/C23H28N4O3S/c1-4-25(5-2)14-9-15-26-22(28)20-12-6-7-13-21(20)24-23(26)31-17(3)18-10-8-11-19(16-18)27(29)30/h6-8,10-13,16-17H,4-5,9,14-15H2,1-3H3. The van der Waals surface area contributed by atoms with Gasteiger partial charge in [-0.1, -0.05) is 49.9 Å². The Morgan fingerprint density at radius 2 is 1.90 bits per heavy atom. The summed E-state index contributed by atoms with van der Waals surface area (Å²) in [4.78, 5) is 31.1. The highest BCUT2D eigenvalue weighted by Crippen LogP contribution is 2.35. The lowest BCUT2D eigenvalue weighted by Gasteiger charge is -2.20. The lowest BCUT2D eigenvalue weighted by Crippen LogP contribution is -2.28. The van der Waals surface area contributed by atoms with Crippen molar-refractivity contribution in [3.8, 4) is 0 Å². The second-order valence-electron chi connectivity index (χ2n) is 7.36. The highest BCUT2D eigenvalue weighted by atomic mass is 32.2. The first-order valence-electron chi connectivity index (χ1n) is 10.6. The van der Waals surface area contributed by atoms with E-state index >= 15 is 0 Å². The van der Waals surface area contributed by atoms with Gasteiger partial charge in [-0.25, -0.2) is 4.98 Å². The topological polar surface area (TPSA) is 81.3 Å². The molecule has 0 bridgehead atoms. The van der Waals surface area contributed by atoms with Crippen LogP contribution >= 0.6 is 11.8 Å². The molecule has 1 heterocycles. The van der Waals surface area contributed by atoms with Crippen LogP contribution in [0, 0.1) is 10.1 Å². The third-order valence-corrected chi connectivity index (χ3v) is 6.56. The van der Waals surface area contributed by atoms with Crippen LogP contribution in [0.2, 0.25) is 0 Å². The molecule has 31 heavy (non-hydrogen) atoms. The van der Waals surface area contributed by atoms with Gasteiger partial charge in [0.2, 0.25) is 0 Å². The number of aromatic nitrogens is 2. The monoisotopic (exact) mass is 440 g/mol. The molecule has 1 aromatic heterocycles. The fraction of sp³-hybridized carbons (Fsp3) is 0.391. The van der Waals surface area contributed by atoms with Crippen molar-refractivity contribution in [2.24, 2.45) is 0 Å². The maximum Gasteiger partial charge on any atom is 0.269 e. The molecule has 0 saturated carbocycles. The van der Waals surface area contributed by atoms with E-state index in [1.807, 2.05) is 37.3 Å². The SMILES string of the molecule is CCN(CC)CCCn1c(SC(C)c2cccc([N+](=O)[O-])c2)nc2ccccc2c1=O. The number of nitrogens with zero attached hydrogens (tertiary/aromatic N) is 4. The molecule has 0 radical (unpaired) electrons. The quantitative estimate of drug-likeness (QED) is 0.193. The summed E-state index contributed by atoms with van der Waals surface area (Å²) in [5.74, 6) is 0. The third-order valence-electron chi connectivity index (χ3n) is 5.41. The second kappa shape index (κ2) is 10.5. The molecular formula is C23H28N4O3S. The Hall–Kier alpha value is -2.71. The molecule has 0 N–H and O–H groups in total. The van der Waals surface area contributed by atoms with Crippen molar-refractivity contribution < 1.29 is 4.92 Å². The van der Waals surface area contributed by atoms with Gasteiger partial charge in [0.15, 0.2) is 5.16 Å². The van der Waals surface area contributed by atoms with Gasteiger partial charge in [-0.05, 0) is 50.7 Å². The number of nitro benzene ring substituents is 1. The maximum absolute atomic E-state index is 13.2. The number of thioether (sulfide) groups is 1. The number of rotatable bonds is 10. The van der Waals surface area contributed by atoms with Crippen molar-refractivity contribution in [3.63, 3.8) is 0 Å². The fourth-order valence-corrected chi connectivity index (χ4v) is 4.60. The summed E-state index contributed by atoms with van der Waals surface area (Å²) in [6.07, 6.45) is 0.848. The number of benzene rings is 2. The van der Waals surface area contributed by atoms with Crippen molar-refractivity contribution in [3.05, 3.63) is 74.6 Å². The predicted octanol–water partition coefficient (Wildman–Crippen LogP) is 4.89. The highest BCUT2D eigenvalue weighted by molar-refractivity contribution is 7.99. The molecule has 2 aromatic carbocycles. The summed E-state index contributed by atoms with van der Waals surface area (Å²) in [6, 6.07) is 14.0. The summed E-state index contributed by atoms with van der Waals surface area (Å²) in [5, 5.41) is 12.3. The summed E-state index contributed by atoms with van der Waals surface area (Å²) < 4.78 is 1.75. The van der Waals surface area contributed by atoms with Crippen LogP contribution < -0.4 is 5.56 Å². The first-order chi connectivity index (χ1) is 14.9. The Balaban J connectivity index is 1.93. The lowest BCUT2D eigenvalue weighted by atomic mass is 10.1. The van der Waals surface area contributed by atoms with E-state index in [0.717, 1.165) is 31.6 Å². The van der Waals surface area contributed by atoms with Crippen LogP contribution in [-0.2, 0) is 6.54 Å². The van der Waals surface area contributed by atoms with Crippen molar-refractivity contribution in [2.45, 2.75) is 44.1 Å². The van der Waals surface area contributed by atoms with E-state index in [0.29, 0.717) is 22.6 Å². The zero-order valence-corrected chi connectivity index (χ0v) is 19.0. The fourth-order valence-electron chi connectivity index (χ4n) is 3.54. The van der Waals surface area contributed by atoms with E-state index in [1.165, 1.54) is 17.8 Å². The Morgan fingerprint density at radius 1 is 1.16 bits per heavy atom. The summed E-state index contributed by atoms with van der Waals surface area (Å²) in [5.41, 5.74) is 1.52. The van der Waals surface area contributed by atoms with Gasteiger partial charge < -0.3 is 4.90 Å². The second-order valence-corrected chi connectivity index (χ2v) is 8.67. The Morgan fingerprint density at radius 3 is 2.61 bits per heavy atom. The molecule has 0 amide bonds. The van der Waals surface area contributed by atoms with E-state index in [4.69, 9.17) is 4.98 Å². The number of fused-ring (bicyclic) bond motifs is 1. The average Bonchev–Trinajstić information content (AvgIpc) is 2.78. The van der Waals surface area contributed by atoms with Gasteiger partial charge in [-0.15, -0.1) is 0 Å². The summed E-state index contributed by atoms with van der Waals surface area (Å²) in [7, 11) is 0. The largest absolute Gasteiger partial charge is 0.304 e. The van der Waals surface area contributed by atoms with Gasteiger partial charge in [0.25, 0.3) is 11.2 Å². The molecule has 0 aliphatic carbocycles. The molecule has 8 heteroatoms. The van der Waals surface area contributed by atoms with Gasteiger partial charge in [0, 0.05) is 23.9 Å². The molecule has 3 rings (SSSR count). The van der Waals surface area contributed by atoms with Crippen LogP contribution in [0.15, 0.2) is 58.5 Å². The first-order valence-corrected chi connectivity index (χ1v) is 11.5. The van der Waals surface area contributed by atoms with Crippen LogP contribution in [0.5, 0.6) is 0 Å². The molecular weight excluding hydrogens is 412 g/mol. The highest BCUT2D eigenvalue weighted by Gasteiger charge is 2.17. The van der Waals surface area contributed by atoms with Gasteiger partial charge in [-0.3, -0.25) is 19.5 Å². The molecule has 0 aliphatic rings. The Labute approximate surface area is 186 Å². The van der Waals surface area contributed by atoms with E-state index < -0.39 is 4.92 Å². The van der Waals surface area contributed by atoms with Gasteiger partial charge in [0.05, 0.1) is 15.8 Å². The van der Waals surface area contributed by atoms with Crippen molar-refractivity contribution >= 4 is 28.4 Å². The molecule has 0 fully saturated rings. The smallest absolute Gasteiger partial charge is 0.269 e. The molecule has 0 saturated heterocycles. The normalized spacial score (nSPS) is 12.4. The summed E-state index contributed by atoms with van der Waals surface area (Å²) in [6.45, 7) is 9.70. The number of nitro groups is 1. The Kier molecular flexibility index (Phi) is 7.81. The van der Waals surface area contributed by atoms with Crippen LogP contribution in [0.3, 0.4) is 0 Å². The maximum atomic E-state index is 13.2. The first kappa shape index (κ1) is 23.0. The minimum atomic E-state index is -0.391. The Bertz CT molecular complexity index is 1110. The van der Waals surface area contributed by atoms with Gasteiger partial charge in [-0.2, -0.15) is 0 Å². The zero-order chi connectivity index (χ0) is 22.4. The lowest BCUT2D eigenvalue weighted by molar-refractivity contribution is -0.384. The van der Waals surface area contributed by atoms with Crippen LogP contribution in [0.4, 0.5) is 5.69 Å². The van der Waals surface area contributed by atoms with Crippen molar-refractivity contribution in [1.29, 1.82) is 0 Å². The molecule has 1 unspecified atom stereocenters. The number of non-ortho nitro benzene ring substituents is 1. The average molecular weight is 441 g/mol. The van der Waals surface area contributed by atoms with Crippen LogP contribution in [-0.4, -0.2) is 39.0 Å². The number of hydrogen-bond acceptors (Lipinski definition) is 6. The van der Waals surface area contributed by atoms with Crippen molar-refractivity contribution in [1.82, 2.24) is 14.5 Å². The van der Waals surface area contributed by atoms with E-state index in [1.54, 1.807) is 16.7 Å². The minimum absolute atomic E-state index is 0.0427. The molecule has 3 aromatic rings. The third kappa shape index (κ3) is 5.51. The van der Waals surface area contributed by atoms with Crippen LogP contribution in [0.1, 0.15) is 38.0 Å². The minimum Gasteiger partial charge on any atom is -0.304 e. The van der Waals surface area contributed by atoms with E-state index in [-0.39, 0.29) is 16.5 Å². The zero-order valence-electron chi connectivity index (χ0n) is 18.2. The predicted molar refractivity (Wildman–Crippen MR) is 126 cm³/mol. The van der Waals surface area contributed by atoms with Crippen LogP contribution in [0.25, 0.3) is 10.9 Å². The molecule has 164 valence electrons. The molecule has 1 atom stereocenters. The van der Waals surface area contributed by atoms with E-state index in [9.17, 15) is 14.9 Å². The van der Waals surface area contributed by atoms with Crippen molar-refractivity contribution in [2.75, 3.05) is 19.6 Å². The van der Waals surface area contributed by atoms with Gasteiger partial charge in [0.1, 0.15) is 0 Å². The molecule has 7 nitrogen and oxygen atoms in total. The molecule has 0 spiro atoms.